The van der Waals surface area contributed by atoms with E-state index in [1.54, 1.807) is 31.2 Å². The van der Waals surface area contributed by atoms with E-state index in [9.17, 15) is 8.78 Å². The molecule has 94 valence electrons. The van der Waals surface area contributed by atoms with Gasteiger partial charge in [0.2, 0.25) is 0 Å². The van der Waals surface area contributed by atoms with Crippen LogP contribution in [0.15, 0.2) is 36.4 Å². The zero-order valence-electron chi connectivity index (χ0n) is 9.81. The minimum absolute atomic E-state index is 0.216. The van der Waals surface area contributed by atoms with Gasteiger partial charge in [-0.05, 0) is 36.8 Å². The first-order valence-corrected chi connectivity index (χ1v) is 5.88. The van der Waals surface area contributed by atoms with Gasteiger partial charge >= 0.3 is 0 Å². The standard InChI is InChI=1S/C14H12ClF2N/c1-9-5-6-10(7-14(9)17)18-8-11-12(15)3-2-4-13(11)16/h2-7,18H,8H2,1H3. The lowest BCUT2D eigenvalue weighted by atomic mass is 10.2. The molecule has 18 heavy (non-hydrogen) atoms. The van der Waals surface area contributed by atoms with Crippen molar-refractivity contribution in [2.75, 3.05) is 5.32 Å². The number of hydrogen-bond donors (Lipinski definition) is 1. The highest BCUT2D eigenvalue weighted by molar-refractivity contribution is 6.31. The van der Waals surface area contributed by atoms with Gasteiger partial charge in [-0.15, -0.1) is 0 Å². The molecular weight excluding hydrogens is 256 g/mol. The summed E-state index contributed by atoms with van der Waals surface area (Å²) in [6.45, 7) is 1.90. The highest BCUT2D eigenvalue weighted by Crippen LogP contribution is 2.21. The molecule has 0 aliphatic carbocycles. The third-order valence-electron chi connectivity index (χ3n) is 2.70. The van der Waals surface area contributed by atoms with Crippen LogP contribution >= 0.6 is 11.6 Å². The molecule has 0 unspecified atom stereocenters. The van der Waals surface area contributed by atoms with Crippen LogP contribution in [0.4, 0.5) is 14.5 Å². The van der Waals surface area contributed by atoms with Crippen molar-refractivity contribution >= 4 is 17.3 Å². The predicted octanol–water partition coefficient (Wildman–Crippen LogP) is 4.54. The number of aryl methyl sites for hydroxylation is 1. The second kappa shape index (κ2) is 5.36. The van der Waals surface area contributed by atoms with Crippen LogP contribution in [0.2, 0.25) is 5.02 Å². The smallest absolute Gasteiger partial charge is 0.129 e. The average Bonchev–Trinajstić information content (AvgIpc) is 2.33. The summed E-state index contributed by atoms with van der Waals surface area (Å²) in [6.07, 6.45) is 0. The summed E-state index contributed by atoms with van der Waals surface area (Å²) in [4.78, 5) is 0. The normalized spacial score (nSPS) is 10.4. The van der Waals surface area contributed by atoms with Gasteiger partial charge in [0.05, 0.1) is 0 Å². The van der Waals surface area contributed by atoms with Crippen molar-refractivity contribution < 1.29 is 8.78 Å². The van der Waals surface area contributed by atoms with E-state index in [2.05, 4.69) is 5.32 Å². The molecule has 0 radical (unpaired) electrons. The van der Waals surface area contributed by atoms with Crippen molar-refractivity contribution in [3.63, 3.8) is 0 Å². The van der Waals surface area contributed by atoms with Crippen molar-refractivity contribution in [2.24, 2.45) is 0 Å². The van der Waals surface area contributed by atoms with Crippen LogP contribution in [0.3, 0.4) is 0 Å². The van der Waals surface area contributed by atoms with Gasteiger partial charge in [0.25, 0.3) is 0 Å². The average molecular weight is 268 g/mol. The van der Waals surface area contributed by atoms with E-state index in [1.165, 1.54) is 12.1 Å². The molecular formula is C14H12ClF2N. The van der Waals surface area contributed by atoms with Gasteiger partial charge in [0.15, 0.2) is 0 Å². The minimum Gasteiger partial charge on any atom is -0.381 e. The van der Waals surface area contributed by atoms with Gasteiger partial charge in [0.1, 0.15) is 11.6 Å². The Hall–Kier alpha value is -1.61. The molecule has 1 N–H and O–H groups in total. The first-order chi connectivity index (χ1) is 8.58. The summed E-state index contributed by atoms with van der Waals surface area (Å²) in [7, 11) is 0. The summed E-state index contributed by atoms with van der Waals surface area (Å²) < 4.78 is 26.8. The van der Waals surface area contributed by atoms with Gasteiger partial charge in [-0.2, -0.15) is 0 Å². The Labute approximate surface area is 109 Å². The van der Waals surface area contributed by atoms with Crippen LogP contribution in [0.1, 0.15) is 11.1 Å². The van der Waals surface area contributed by atoms with Crippen molar-refractivity contribution in [3.05, 3.63) is 64.2 Å². The van der Waals surface area contributed by atoms with E-state index in [4.69, 9.17) is 11.6 Å². The van der Waals surface area contributed by atoms with Gasteiger partial charge in [-0.1, -0.05) is 23.7 Å². The fourth-order valence-electron chi connectivity index (χ4n) is 1.59. The summed E-state index contributed by atoms with van der Waals surface area (Å²) in [5, 5.41) is 3.30. The topological polar surface area (TPSA) is 12.0 Å². The largest absolute Gasteiger partial charge is 0.381 e. The summed E-state index contributed by atoms with van der Waals surface area (Å²) in [5.41, 5.74) is 1.54. The predicted molar refractivity (Wildman–Crippen MR) is 69.9 cm³/mol. The molecule has 0 saturated heterocycles. The third-order valence-corrected chi connectivity index (χ3v) is 3.06. The van der Waals surface area contributed by atoms with Crippen molar-refractivity contribution in [1.29, 1.82) is 0 Å². The third kappa shape index (κ3) is 2.79. The Kier molecular flexibility index (Phi) is 3.82. The fourth-order valence-corrected chi connectivity index (χ4v) is 1.82. The lowest BCUT2D eigenvalue weighted by Crippen LogP contribution is -2.03. The Morgan fingerprint density at radius 3 is 2.56 bits per heavy atom. The zero-order chi connectivity index (χ0) is 13.1. The second-order valence-electron chi connectivity index (χ2n) is 4.02. The van der Waals surface area contributed by atoms with E-state index in [-0.39, 0.29) is 18.2 Å². The number of benzene rings is 2. The molecule has 0 spiro atoms. The van der Waals surface area contributed by atoms with E-state index in [0.29, 0.717) is 21.8 Å². The minimum atomic E-state index is -0.373. The number of halogens is 3. The monoisotopic (exact) mass is 267 g/mol. The molecule has 0 fully saturated rings. The van der Waals surface area contributed by atoms with Crippen molar-refractivity contribution in [1.82, 2.24) is 0 Å². The molecule has 0 bridgehead atoms. The molecule has 0 aliphatic rings. The molecule has 0 heterocycles. The molecule has 0 saturated carbocycles. The molecule has 2 rings (SSSR count). The molecule has 2 aromatic rings. The highest BCUT2D eigenvalue weighted by Gasteiger charge is 2.06. The zero-order valence-corrected chi connectivity index (χ0v) is 10.6. The lowest BCUT2D eigenvalue weighted by molar-refractivity contribution is 0.612. The number of hydrogen-bond acceptors (Lipinski definition) is 1. The molecule has 0 aromatic heterocycles. The van der Waals surface area contributed by atoms with E-state index in [0.717, 1.165) is 0 Å². The summed E-state index contributed by atoms with van der Waals surface area (Å²) in [5.74, 6) is -0.665. The maximum atomic E-state index is 13.5. The maximum Gasteiger partial charge on any atom is 0.129 e. The van der Waals surface area contributed by atoms with Gasteiger partial charge < -0.3 is 5.32 Å². The Balaban J connectivity index is 2.14. The summed E-state index contributed by atoms with van der Waals surface area (Å²) >= 11 is 5.90. The summed E-state index contributed by atoms with van der Waals surface area (Å²) in [6, 6.07) is 9.31. The van der Waals surface area contributed by atoms with Crippen LogP contribution in [0, 0.1) is 18.6 Å². The fraction of sp³-hybridized carbons (Fsp3) is 0.143. The van der Waals surface area contributed by atoms with E-state index >= 15 is 0 Å². The van der Waals surface area contributed by atoms with Crippen LogP contribution in [0.25, 0.3) is 0 Å². The molecule has 4 heteroatoms. The Morgan fingerprint density at radius 2 is 1.89 bits per heavy atom. The van der Waals surface area contributed by atoms with E-state index in [1.807, 2.05) is 0 Å². The van der Waals surface area contributed by atoms with Crippen LogP contribution in [0.5, 0.6) is 0 Å². The van der Waals surface area contributed by atoms with Crippen molar-refractivity contribution in [2.45, 2.75) is 13.5 Å². The molecule has 1 nitrogen and oxygen atoms in total. The SMILES string of the molecule is Cc1ccc(NCc2c(F)cccc2Cl)cc1F. The number of anilines is 1. The van der Waals surface area contributed by atoms with Crippen LogP contribution in [-0.4, -0.2) is 0 Å². The van der Waals surface area contributed by atoms with Crippen LogP contribution in [-0.2, 0) is 6.54 Å². The van der Waals surface area contributed by atoms with Gasteiger partial charge in [-0.25, -0.2) is 8.78 Å². The molecule has 2 aromatic carbocycles. The highest BCUT2D eigenvalue weighted by atomic mass is 35.5. The Bertz CT molecular complexity index is 549. The molecule has 0 amide bonds. The lowest BCUT2D eigenvalue weighted by Gasteiger charge is -2.09. The van der Waals surface area contributed by atoms with Gasteiger partial charge in [0, 0.05) is 22.8 Å². The van der Waals surface area contributed by atoms with Gasteiger partial charge in [-0.3, -0.25) is 0 Å². The number of rotatable bonds is 3. The van der Waals surface area contributed by atoms with Crippen LogP contribution < -0.4 is 5.32 Å². The Morgan fingerprint density at radius 1 is 1.11 bits per heavy atom. The maximum absolute atomic E-state index is 13.5. The molecule has 0 aliphatic heterocycles. The second-order valence-corrected chi connectivity index (χ2v) is 4.42. The number of nitrogens with one attached hydrogen (secondary N) is 1. The first-order valence-electron chi connectivity index (χ1n) is 5.51. The molecule has 0 atom stereocenters. The van der Waals surface area contributed by atoms with Crippen molar-refractivity contribution in [3.8, 4) is 0 Å². The van der Waals surface area contributed by atoms with E-state index < -0.39 is 0 Å². The first kappa shape index (κ1) is 12.8. The quantitative estimate of drug-likeness (QED) is 0.861.